The molecule has 2 amide bonds. The summed E-state index contributed by atoms with van der Waals surface area (Å²) in [7, 11) is 3.19. The standard InChI is InChI=1S/C11H24N4O3/c1-5-15(6-2)10(16)7-14(3)9(8-18-4)11(17)13-12/h9H,5-8,12H2,1-4H3,(H,13,17). The maximum atomic E-state index is 11.9. The van der Waals surface area contributed by atoms with Gasteiger partial charge in [0.15, 0.2) is 0 Å². The second kappa shape index (κ2) is 8.84. The molecule has 3 N–H and O–H groups in total. The van der Waals surface area contributed by atoms with Crippen LogP contribution in [0.1, 0.15) is 13.8 Å². The van der Waals surface area contributed by atoms with Crippen LogP contribution in [0.15, 0.2) is 0 Å². The molecule has 0 radical (unpaired) electrons. The van der Waals surface area contributed by atoms with Gasteiger partial charge < -0.3 is 9.64 Å². The molecule has 0 saturated heterocycles. The van der Waals surface area contributed by atoms with Crippen molar-refractivity contribution in [1.82, 2.24) is 15.2 Å². The Kier molecular flexibility index (Phi) is 8.27. The van der Waals surface area contributed by atoms with Crippen molar-refractivity contribution in [3.05, 3.63) is 0 Å². The number of hydrogen-bond donors (Lipinski definition) is 2. The summed E-state index contributed by atoms with van der Waals surface area (Å²) < 4.78 is 4.96. The number of rotatable bonds is 8. The SMILES string of the molecule is CCN(CC)C(=O)CN(C)C(COC)C(=O)NN. The first kappa shape index (κ1) is 16.8. The minimum absolute atomic E-state index is 0.0200. The zero-order valence-corrected chi connectivity index (χ0v) is 11.6. The third-order valence-corrected chi connectivity index (χ3v) is 2.80. The molecule has 0 heterocycles. The van der Waals surface area contributed by atoms with E-state index in [2.05, 4.69) is 5.43 Å². The Bertz CT molecular complexity index is 269. The summed E-state index contributed by atoms with van der Waals surface area (Å²) in [4.78, 5) is 26.8. The number of amides is 2. The van der Waals surface area contributed by atoms with Crippen molar-refractivity contribution in [2.75, 3.05) is 40.4 Å². The van der Waals surface area contributed by atoms with Crippen LogP contribution in [0.5, 0.6) is 0 Å². The first-order valence-electron chi connectivity index (χ1n) is 5.99. The highest BCUT2D eigenvalue weighted by atomic mass is 16.5. The van der Waals surface area contributed by atoms with Gasteiger partial charge in [0.1, 0.15) is 6.04 Å². The van der Waals surface area contributed by atoms with Crippen LogP contribution in [0, 0.1) is 0 Å². The van der Waals surface area contributed by atoms with Crippen LogP contribution < -0.4 is 11.3 Å². The van der Waals surface area contributed by atoms with E-state index in [0.717, 1.165) is 0 Å². The molecule has 0 aromatic heterocycles. The molecule has 0 saturated carbocycles. The van der Waals surface area contributed by atoms with Crippen LogP contribution in [-0.4, -0.2) is 68.1 Å². The predicted octanol–water partition coefficient (Wildman–Crippen LogP) is -1.21. The number of methoxy groups -OCH3 is 1. The first-order valence-corrected chi connectivity index (χ1v) is 5.99. The highest BCUT2D eigenvalue weighted by molar-refractivity contribution is 5.83. The fourth-order valence-corrected chi connectivity index (χ4v) is 1.66. The van der Waals surface area contributed by atoms with Crippen LogP contribution >= 0.6 is 0 Å². The van der Waals surface area contributed by atoms with Crippen LogP contribution in [0.25, 0.3) is 0 Å². The monoisotopic (exact) mass is 260 g/mol. The van der Waals surface area contributed by atoms with E-state index in [1.807, 2.05) is 13.8 Å². The molecule has 106 valence electrons. The number of ether oxygens (including phenoxy) is 1. The number of hydrazine groups is 1. The fraction of sp³-hybridized carbons (Fsp3) is 0.818. The highest BCUT2D eigenvalue weighted by Gasteiger charge is 2.25. The van der Waals surface area contributed by atoms with E-state index in [0.29, 0.717) is 13.1 Å². The molecule has 7 nitrogen and oxygen atoms in total. The van der Waals surface area contributed by atoms with Gasteiger partial charge in [0.25, 0.3) is 5.91 Å². The van der Waals surface area contributed by atoms with E-state index in [1.54, 1.807) is 16.8 Å². The molecule has 0 aromatic rings. The van der Waals surface area contributed by atoms with Gasteiger partial charge in [-0.1, -0.05) is 0 Å². The zero-order valence-electron chi connectivity index (χ0n) is 11.6. The number of nitrogens with two attached hydrogens (primary N) is 1. The summed E-state index contributed by atoms with van der Waals surface area (Å²) in [6.07, 6.45) is 0. The molecule has 7 heteroatoms. The van der Waals surface area contributed by atoms with Crippen LogP contribution in [-0.2, 0) is 14.3 Å². The lowest BCUT2D eigenvalue weighted by Gasteiger charge is -2.28. The molecule has 0 spiro atoms. The molecule has 0 aliphatic heterocycles. The summed E-state index contributed by atoms with van der Waals surface area (Å²) in [5.41, 5.74) is 2.08. The molecule has 0 aromatic carbocycles. The summed E-state index contributed by atoms with van der Waals surface area (Å²) in [6, 6.07) is -0.570. The molecule has 0 bridgehead atoms. The lowest BCUT2D eigenvalue weighted by atomic mass is 10.2. The summed E-state index contributed by atoms with van der Waals surface area (Å²) in [5, 5.41) is 0. The third-order valence-electron chi connectivity index (χ3n) is 2.80. The normalized spacial score (nSPS) is 12.3. The lowest BCUT2D eigenvalue weighted by molar-refractivity contribution is -0.135. The Hall–Kier alpha value is -1.18. The Morgan fingerprint density at radius 1 is 1.33 bits per heavy atom. The summed E-state index contributed by atoms with van der Waals surface area (Å²) >= 11 is 0. The highest BCUT2D eigenvalue weighted by Crippen LogP contribution is 2.00. The van der Waals surface area contributed by atoms with E-state index in [1.165, 1.54) is 7.11 Å². The van der Waals surface area contributed by atoms with E-state index >= 15 is 0 Å². The molecule has 0 aliphatic carbocycles. The number of carbonyl (C=O) groups excluding carboxylic acids is 2. The minimum Gasteiger partial charge on any atom is -0.383 e. The second-order valence-corrected chi connectivity index (χ2v) is 3.96. The van der Waals surface area contributed by atoms with Gasteiger partial charge in [-0.15, -0.1) is 0 Å². The molecule has 0 aliphatic rings. The third kappa shape index (κ3) is 4.99. The van der Waals surface area contributed by atoms with Gasteiger partial charge >= 0.3 is 0 Å². The number of hydrogen-bond acceptors (Lipinski definition) is 5. The average molecular weight is 260 g/mol. The minimum atomic E-state index is -0.570. The van der Waals surface area contributed by atoms with E-state index in [-0.39, 0.29) is 25.0 Å². The van der Waals surface area contributed by atoms with Crippen molar-refractivity contribution < 1.29 is 14.3 Å². The van der Waals surface area contributed by atoms with Crippen molar-refractivity contribution in [3.63, 3.8) is 0 Å². The van der Waals surface area contributed by atoms with Gasteiger partial charge in [-0.3, -0.25) is 19.9 Å². The second-order valence-electron chi connectivity index (χ2n) is 3.96. The number of nitrogens with zero attached hydrogens (tertiary/aromatic N) is 2. The zero-order chi connectivity index (χ0) is 14.1. The van der Waals surface area contributed by atoms with Gasteiger partial charge in [-0.2, -0.15) is 0 Å². The van der Waals surface area contributed by atoms with Crippen molar-refractivity contribution in [1.29, 1.82) is 0 Å². The smallest absolute Gasteiger partial charge is 0.253 e. The van der Waals surface area contributed by atoms with Gasteiger partial charge in [-0.25, -0.2) is 5.84 Å². The molecular weight excluding hydrogens is 236 g/mol. The lowest BCUT2D eigenvalue weighted by Crippen LogP contribution is -2.52. The first-order chi connectivity index (χ1) is 8.51. The van der Waals surface area contributed by atoms with E-state index in [4.69, 9.17) is 10.6 Å². The van der Waals surface area contributed by atoms with Crippen LogP contribution in [0.3, 0.4) is 0 Å². The number of carbonyl (C=O) groups is 2. The molecule has 1 atom stereocenters. The molecular formula is C11H24N4O3. The Labute approximate surface area is 108 Å². The Balaban J connectivity index is 4.54. The van der Waals surface area contributed by atoms with E-state index < -0.39 is 6.04 Å². The van der Waals surface area contributed by atoms with Crippen LogP contribution in [0.2, 0.25) is 0 Å². The Morgan fingerprint density at radius 3 is 2.28 bits per heavy atom. The molecule has 0 fully saturated rings. The quantitative estimate of drug-likeness (QED) is 0.325. The Morgan fingerprint density at radius 2 is 1.89 bits per heavy atom. The number of nitrogens with one attached hydrogen (secondary N) is 1. The van der Waals surface area contributed by atoms with Gasteiger partial charge in [0.05, 0.1) is 13.2 Å². The van der Waals surface area contributed by atoms with Crippen molar-refractivity contribution in [2.24, 2.45) is 5.84 Å². The van der Waals surface area contributed by atoms with Crippen molar-refractivity contribution in [2.45, 2.75) is 19.9 Å². The maximum absolute atomic E-state index is 11.9. The van der Waals surface area contributed by atoms with Gasteiger partial charge in [0.2, 0.25) is 5.91 Å². The molecule has 1 unspecified atom stereocenters. The molecule has 0 rings (SSSR count). The maximum Gasteiger partial charge on any atom is 0.253 e. The largest absolute Gasteiger partial charge is 0.383 e. The van der Waals surface area contributed by atoms with Crippen molar-refractivity contribution in [3.8, 4) is 0 Å². The average Bonchev–Trinajstić information content (AvgIpc) is 2.36. The molecule has 18 heavy (non-hydrogen) atoms. The van der Waals surface area contributed by atoms with Crippen molar-refractivity contribution >= 4 is 11.8 Å². The topological polar surface area (TPSA) is 87.9 Å². The summed E-state index contributed by atoms with van der Waals surface area (Å²) in [5.74, 6) is 4.72. The number of likely N-dealkylation sites (N-methyl/N-ethyl adjacent to an activating group) is 2. The van der Waals surface area contributed by atoms with Gasteiger partial charge in [-0.05, 0) is 20.9 Å². The van der Waals surface area contributed by atoms with Gasteiger partial charge in [0, 0.05) is 20.2 Å². The fourth-order valence-electron chi connectivity index (χ4n) is 1.66. The van der Waals surface area contributed by atoms with Crippen LogP contribution in [0.4, 0.5) is 0 Å². The predicted molar refractivity (Wildman–Crippen MR) is 68.6 cm³/mol. The summed E-state index contributed by atoms with van der Waals surface area (Å²) in [6.45, 7) is 5.48. The van der Waals surface area contributed by atoms with E-state index in [9.17, 15) is 9.59 Å².